The molecule has 4 atom stereocenters. The van der Waals surface area contributed by atoms with Crippen molar-refractivity contribution in [2.45, 2.75) is 96.1 Å². The highest BCUT2D eigenvalue weighted by atomic mass is 19.3. The number of hydrogen-bond acceptors (Lipinski definition) is 7. The summed E-state index contributed by atoms with van der Waals surface area (Å²) in [5.41, 5.74) is 4.25. The van der Waals surface area contributed by atoms with Crippen molar-refractivity contribution in [2.75, 3.05) is 26.2 Å². The van der Waals surface area contributed by atoms with Gasteiger partial charge in [0.2, 0.25) is 5.89 Å². The van der Waals surface area contributed by atoms with Gasteiger partial charge in [-0.1, -0.05) is 49.4 Å². The van der Waals surface area contributed by atoms with Crippen LogP contribution in [0.1, 0.15) is 75.0 Å². The van der Waals surface area contributed by atoms with Gasteiger partial charge in [-0.05, 0) is 88.2 Å². The van der Waals surface area contributed by atoms with E-state index in [4.69, 9.17) is 14.1 Å². The zero-order chi connectivity index (χ0) is 33.6. The molecule has 0 radical (unpaired) electrons. The number of ether oxygens (including phenoxy) is 1. The van der Waals surface area contributed by atoms with Gasteiger partial charge in [-0.2, -0.15) is 8.78 Å². The van der Waals surface area contributed by atoms with Crippen LogP contribution in [0.15, 0.2) is 59.0 Å². The number of piperidine rings is 1. The third-order valence-electron chi connectivity index (χ3n) is 11.4. The number of hydrogen-bond donors (Lipinski definition) is 1. The van der Waals surface area contributed by atoms with Crippen LogP contribution in [0, 0.1) is 12.8 Å². The van der Waals surface area contributed by atoms with Crippen LogP contribution < -0.4 is 4.74 Å². The number of likely N-dealkylation sites (tertiary alicyclic amines) is 3. The maximum absolute atomic E-state index is 13.7. The first-order valence-electron chi connectivity index (χ1n) is 17.5. The zero-order valence-corrected chi connectivity index (χ0v) is 28.1. The average Bonchev–Trinajstić information content (AvgIpc) is 3.82. The van der Waals surface area contributed by atoms with Crippen molar-refractivity contribution in [2.24, 2.45) is 5.92 Å². The van der Waals surface area contributed by atoms with E-state index in [1.165, 1.54) is 35.6 Å². The summed E-state index contributed by atoms with van der Waals surface area (Å²) in [6, 6.07) is 12.2. The number of carboxylic acid groups (broad SMARTS) is 1. The normalized spacial score (nSPS) is 27.7. The number of halogens is 2. The van der Waals surface area contributed by atoms with Crippen molar-refractivity contribution in [3.63, 3.8) is 0 Å². The molecule has 48 heavy (non-hydrogen) atoms. The van der Waals surface area contributed by atoms with E-state index in [1.807, 2.05) is 0 Å². The number of fused-ring (bicyclic) bond motifs is 1. The maximum atomic E-state index is 13.7. The number of carbonyl (C=O) groups is 1. The Morgan fingerprint density at radius 3 is 2.56 bits per heavy atom. The van der Waals surface area contributed by atoms with Crippen molar-refractivity contribution < 1.29 is 27.8 Å². The minimum Gasteiger partial charge on any atom is -0.480 e. The number of allylic oxidation sites excluding steroid dienone is 2. The second-order valence-corrected chi connectivity index (χ2v) is 14.1. The first kappa shape index (κ1) is 32.9. The van der Waals surface area contributed by atoms with Gasteiger partial charge in [0.15, 0.2) is 5.58 Å². The monoisotopic (exact) mass is 660 g/mol. The van der Waals surface area contributed by atoms with E-state index < -0.39 is 24.2 Å². The molecule has 0 spiro atoms. The zero-order valence-electron chi connectivity index (χ0n) is 28.1. The van der Waals surface area contributed by atoms with Crippen LogP contribution in [0.4, 0.5) is 8.78 Å². The standard InChI is InChI=1S/C38H46F2N4O4/c1-24-9-4-5-11-29(24)30-12-6-16-38(26(30)3,43-19-14-28(15-20-43)44-18-7-10-25(44)2)36-41-31-21-27(23-42-17-8-13-32(42)35(45)46)33(48-37(39)40)22-34(31)47-36/h4-6,9,11-12,16,21-22,25-26,28,32,37H,7-8,10,13-15,17-20,23H2,1-3H3,(H,45,46)/t25?,26?,32-,38?/m0/s1. The Hall–Kier alpha value is -3.60. The minimum atomic E-state index is -3.04. The van der Waals surface area contributed by atoms with Gasteiger partial charge in [0.05, 0.1) is 0 Å². The number of alkyl halides is 2. The molecule has 3 saturated heterocycles. The van der Waals surface area contributed by atoms with E-state index in [9.17, 15) is 18.7 Å². The lowest BCUT2D eigenvalue weighted by molar-refractivity contribution is -0.142. The average molecular weight is 661 g/mol. The van der Waals surface area contributed by atoms with E-state index in [2.05, 4.69) is 73.1 Å². The molecular formula is C38H46F2N4O4. The lowest BCUT2D eigenvalue weighted by atomic mass is 9.72. The second kappa shape index (κ2) is 13.4. The summed E-state index contributed by atoms with van der Waals surface area (Å²) in [5.74, 6) is -0.429. The number of nitrogens with zero attached hydrogens (tertiary/aromatic N) is 4. The predicted molar refractivity (Wildman–Crippen MR) is 181 cm³/mol. The number of aryl methyl sites for hydroxylation is 1. The van der Waals surface area contributed by atoms with Crippen molar-refractivity contribution >= 4 is 22.6 Å². The Kier molecular flexibility index (Phi) is 9.17. The molecule has 7 rings (SSSR count). The van der Waals surface area contributed by atoms with Crippen LogP contribution in [0.3, 0.4) is 0 Å². The number of benzene rings is 2. The Labute approximate surface area is 281 Å². The molecule has 4 heterocycles. The summed E-state index contributed by atoms with van der Waals surface area (Å²) in [6.45, 7) is 7.32. The van der Waals surface area contributed by atoms with Gasteiger partial charge < -0.3 is 14.3 Å². The molecule has 0 bridgehead atoms. The van der Waals surface area contributed by atoms with E-state index in [0.717, 1.165) is 38.9 Å². The molecular weight excluding hydrogens is 614 g/mol. The summed E-state index contributed by atoms with van der Waals surface area (Å²) >= 11 is 0. The van der Waals surface area contributed by atoms with Crippen LogP contribution in [0.5, 0.6) is 5.75 Å². The Morgan fingerprint density at radius 2 is 1.85 bits per heavy atom. The fourth-order valence-electron chi connectivity index (χ4n) is 8.89. The molecule has 8 nitrogen and oxygen atoms in total. The summed E-state index contributed by atoms with van der Waals surface area (Å²) in [7, 11) is 0. The highest BCUT2D eigenvalue weighted by molar-refractivity contribution is 5.78. The smallest absolute Gasteiger partial charge is 0.387 e. The molecule has 4 aliphatic rings. The molecule has 10 heteroatoms. The first-order valence-corrected chi connectivity index (χ1v) is 17.5. The van der Waals surface area contributed by atoms with E-state index in [0.29, 0.717) is 47.6 Å². The summed E-state index contributed by atoms with van der Waals surface area (Å²) < 4.78 is 39.0. The first-order chi connectivity index (χ1) is 23.2. The van der Waals surface area contributed by atoms with Crippen LogP contribution >= 0.6 is 0 Å². The molecule has 0 saturated carbocycles. The van der Waals surface area contributed by atoms with Crippen LogP contribution in [-0.4, -0.2) is 81.7 Å². The number of rotatable bonds is 9. The maximum Gasteiger partial charge on any atom is 0.387 e. The van der Waals surface area contributed by atoms with E-state index >= 15 is 0 Å². The highest BCUT2D eigenvalue weighted by Crippen LogP contribution is 2.49. The molecule has 3 aliphatic heterocycles. The van der Waals surface area contributed by atoms with Crippen LogP contribution in [0.25, 0.3) is 16.7 Å². The molecule has 1 aromatic heterocycles. The van der Waals surface area contributed by atoms with Crippen molar-refractivity contribution in [1.82, 2.24) is 19.7 Å². The van der Waals surface area contributed by atoms with Crippen LogP contribution in [-0.2, 0) is 16.9 Å². The Morgan fingerprint density at radius 1 is 1.08 bits per heavy atom. The number of aliphatic carboxylic acids is 1. The molecule has 3 unspecified atom stereocenters. The van der Waals surface area contributed by atoms with E-state index in [1.54, 1.807) is 11.0 Å². The molecule has 2 aromatic carbocycles. The topological polar surface area (TPSA) is 82.3 Å². The van der Waals surface area contributed by atoms with Gasteiger partial charge >= 0.3 is 12.6 Å². The third-order valence-corrected chi connectivity index (χ3v) is 11.4. The fraction of sp³-hybridized carbons (Fsp3) is 0.526. The minimum absolute atomic E-state index is 0.0152. The summed E-state index contributed by atoms with van der Waals surface area (Å²) in [5, 5.41) is 9.75. The SMILES string of the molecule is Cc1ccccc1C1=CC=CC(c2nc3cc(CN4CCC[C@H]4C(=O)O)c(OC(F)F)cc3o2)(N2CCC(N3CCCC3C)CC2)C1C. The molecule has 0 amide bonds. The van der Waals surface area contributed by atoms with Gasteiger partial charge in [0.1, 0.15) is 22.8 Å². The molecule has 1 N–H and O–H groups in total. The quantitative estimate of drug-likeness (QED) is 0.258. The fourth-order valence-corrected chi connectivity index (χ4v) is 8.89. The lowest BCUT2D eigenvalue weighted by Gasteiger charge is -2.49. The Balaban J connectivity index is 1.29. The highest BCUT2D eigenvalue weighted by Gasteiger charge is 2.50. The molecule has 3 fully saturated rings. The van der Waals surface area contributed by atoms with Crippen molar-refractivity contribution in [3.05, 3.63) is 77.2 Å². The van der Waals surface area contributed by atoms with Gasteiger partial charge in [0.25, 0.3) is 0 Å². The molecule has 1 aliphatic carbocycles. The van der Waals surface area contributed by atoms with Gasteiger partial charge in [-0.15, -0.1) is 0 Å². The number of carboxylic acids is 1. The van der Waals surface area contributed by atoms with Crippen LogP contribution in [0.2, 0.25) is 0 Å². The van der Waals surface area contributed by atoms with E-state index in [-0.39, 0.29) is 18.2 Å². The predicted octanol–water partition coefficient (Wildman–Crippen LogP) is 7.22. The summed E-state index contributed by atoms with van der Waals surface area (Å²) in [4.78, 5) is 24.0. The van der Waals surface area contributed by atoms with Gasteiger partial charge in [-0.25, -0.2) is 4.98 Å². The lowest BCUT2D eigenvalue weighted by Crippen LogP contribution is -2.56. The largest absolute Gasteiger partial charge is 0.480 e. The second-order valence-electron chi connectivity index (χ2n) is 14.1. The Bertz CT molecular complexity index is 1710. The number of oxazole rings is 1. The summed E-state index contributed by atoms with van der Waals surface area (Å²) in [6.07, 6.45) is 12.4. The van der Waals surface area contributed by atoms with Gasteiger partial charge in [0, 0.05) is 49.3 Å². The van der Waals surface area contributed by atoms with Crippen molar-refractivity contribution in [3.8, 4) is 5.75 Å². The van der Waals surface area contributed by atoms with Crippen molar-refractivity contribution in [1.29, 1.82) is 0 Å². The molecule has 256 valence electrons. The molecule has 3 aromatic rings. The van der Waals surface area contributed by atoms with Gasteiger partial charge in [-0.3, -0.25) is 19.5 Å². The third kappa shape index (κ3) is 5.96. The number of aromatic nitrogens is 1.